The summed E-state index contributed by atoms with van der Waals surface area (Å²) in [4.78, 5) is 2.39. The van der Waals surface area contributed by atoms with E-state index in [1.54, 1.807) is 7.11 Å². The summed E-state index contributed by atoms with van der Waals surface area (Å²) < 4.78 is 36.2. The van der Waals surface area contributed by atoms with E-state index in [4.69, 9.17) is 9.47 Å². The second-order valence-electron chi connectivity index (χ2n) is 7.01. The molecule has 0 radical (unpaired) electrons. The average molecular weight is 354 g/mol. The number of ether oxygens (including phenoxy) is 2. The molecule has 0 amide bonds. The predicted molar refractivity (Wildman–Crippen MR) is 92.5 cm³/mol. The standard InChI is InChI=1S/C17H26N2O4S/c1-22-16-5-3-14(4-6-16)10-19-12-17(13-19)8-7-15(11-23-17)9-18-24(2,20)21/h3-6,15,18H,7-13H2,1-2H3/t15-/m1/s1. The topological polar surface area (TPSA) is 67.9 Å². The van der Waals surface area contributed by atoms with E-state index in [0.717, 1.165) is 38.2 Å². The van der Waals surface area contributed by atoms with Crippen molar-refractivity contribution in [3.63, 3.8) is 0 Å². The SMILES string of the molecule is COc1ccc(CN2CC3(CC[C@H](CNS(C)(=O)=O)CO3)C2)cc1. The quantitative estimate of drug-likeness (QED) is 0.832. The Labute approximate surface area is 144 Å². The second kappa shape index (κ2) is 7.00. The van der Waals surface area contributed by atoms with Crippen LogP contribution in [-0.2, 0) is 21.3 Å². The largest absolute Gasteiger partial charge is 0.497 e. The maximum absolute atomic E-state index is 11.2. The number of methoxy groups -OCH3 is 1. The van der Waals surface area contributed by atoms with Crippen LogP contribution in [0.15, 0.2) is 24.3 Å². The van der Waals surface area contributed by atoms with Gasteiger partial charge in [0.25, 0.3) is 0 Å². The van der Waals surface area contributed by atoms with Gasteiger partial charge in [0.05, 0.1) is 25.6 Å². The molecule has 3 rings (SSSR count). The number of nitrogens with zero attached hydrogens (tertiary/aromatic N) is 1. The van der Waals surface area contributed by atoms with Crippen LogP contribution in [0.1, 0.15) is 18.4 Å². The summed E-state index contributed by atoms with van der Waals surface area (Å²) in [6, 6.07) is 8.17. The summed E-state index contributed by atoms with van der Waals surface area (Å²) in [5, 5.41) is 0. The highest BCUT2D eigenvalue weighted by molar-refractivity contribution is 7.88. The normalized spacial score (nSPS) is 23.8. The van der Waals surface area contributed by atoms with Gasteiger partial charge in [0.2, 0.25) is 10.0 Å². The Balaban J connectivity index is 1.41. The lowest BCUT2D eigenvalue weighted by Gasteiger charge is -2.53. The second-order valence-corrected chi connectivity index (χ2v) is 8.85. The molecule has 2 aliphatic rings. The van der Waals surface area contributed by atoms with Crippen LogP contribution >= 0.6 is 0 Å². The van der Waals surface area contributed by atoms with Crippen molar-refractivity contribution in [2.24, 2.45) is 5.92 Å². The molecule has 24 heavy (non-hydrogen) atoms. The third-order valence-corrected chi connectivity index (χ3v) is 5.55. The van der Waals surface area contributed by atoms with Gasteiger partial charge in [-0.2, -0.15) is 0 Å². The van der Waals surface area contributed by atoms with Crippen molar-refractivity contribution < 1.29 is 17.9 Å². The third kappa shape index (κ3) is 4.47. The summed E-state index contributed by atoms with van der Waals surface area (Å²) in [5.74, 6) is 1.16. The first-order chi connectivity index (χ1) is 11.4. The Morgan fingerprint density at radius 3 is 2.58 bits per heavy atom. The zero-order valence-electron chi connectivity index (χ0n) is 14.3. The van der Waals surface area contributed by atoms with Crippen molar-refractivity contribution in [1.29, 1.82) is 0 Å². The number of hydrogen-bond donors (Lipinski definition) is 1. The lowest BCUT2D eigenvalue weighted by Crippen LogP contribution is -2.64. The molecule has 6 nitrogen and oxygen atoms in total. The fourth-order valence-corrected chi connectivity index (χ4v) is 4.01. The van der Waals surface area contributed by atoms with Crippen molar-refractivity contribution in [1.82, 2.24) is 9.62 Å². The van der Waals surface area contributed by atoms with Gasteiger partial charge in [-0.05, 0) is 36.5 Å². The molecule has 7 heteroatoms. The third-order valence-electron chi connectivity index (χ3n) is 4.86. The van der Waals surface area contributed by atoms with E-state index >= 15 is 0 Å². The molecule has 1 spiro atoms. The number of likely N-dealkylation sites (tertiary alicyclic amines) is 1. The molecule has 1 N–H and O–H groups in total. The molecule has 2 heterocycles. The van der Waals surface area contributed by atoms with Gasteiger partial charge in [-0.3, -0.25) is 4.90 Å². The number of nitrogens with one attached hydrogen (secondary N) is 1. The van der Waals surface area contributed by atoms with E-state index in [-0.39, 0.29) is 11.5 Å². The molecule has 0 aromatic heterocycles. The fraction of sp³-hybridized carbons (Fsp3) is 0.647. The Hall–Kier alpha value is -1.15. The minimum absolute atomic E-state index is 0.0198. The minimum Gasteiger partial charge on any atom is -0.497 e. The van der Waals surface area contributed by atoms with Crippen LogP contribution in [0.2, 0.25) is 0 Å². The van der Waals surface area contributed by atoms with Crippen molar-refractivity contribution in [2.45, 2.75) is 25.0 Å². The summed E-state index contributed by atoms with van der Waals surface area (Å²) in [6.07, 6.45) is 3.21. The van der Waals surface area contributed by atoms with Gasteiger partial charge in [-0.1, -0.05) is 12.1 Å². The minimum atomic E-state index is -3.11. The highest BCUT2D eigenvalue weighted by atomic mass is 32.2. The Morgan fingerprint density at radius 2 is 2.04 bits per heavy atom. The maximum Gasteiger partial charge on any atom is 0.208 e. The predicted octanol–water partition coefficient (Wildman–Crippen LogP) is 1.23. The fourth-order valence-electron chi connectivity index (χ4n) is 3.47. The van der Waals surface area contributed by atoms with Crippen LogP contribution in [0.5, 0.6) is 5.75 Å². The van der Waals surface area contributed by atoms with Gasteiger partial charge in [0, 0.05) is 26.2 Å². The van der Waals surface area contributed by atoms with Crippen LogP contribution in [-0.4, -0.2) is 58.5 Å². The first-order valence-corrected chi connectivity index (χ1v) is 10.2. The molecule has 0 aliphatic carbocycles. The van der Waals surface area contributed by atoms with E-state index in [1.165, 1.54) is 11.8 Å². The van der Waals surface area contributed by atoms with Gasteiger partial charge in [0.1, 0.15) is 5.75 Å². The number of benzene rings is 1. The maximum atomic E-state index is 11.2. The molecule has 0 saturated carbocycles. The summed E-state index contributed by atoms with van der Waals surface area (Å²) in [5.41, 5.74) is 1.25. The smallest absolute Gasteiger partial charge is 0.208 e. The zero-order chi connectivity index (χ0) is 17.2. The average Bonchev–Trinajstić information content (AvgIpc) is 2.53. The van der Waals surface area contributed by atoms with Crippen LogP contribution in [0.3, 0.4) is 0 Å². The van der Waals surface area contributed by atoms with Gasteiger partial charge >= 0.3 is 0 Å². The zero-order valence-corrected chi connectivity index (χ0v) is 15.1. The molecular formula is C17H26N2O4S. The molecule has 2 aliphatic heterocycles. The highest BCUT2D eigenvalue weighted by Gasteiger charge is 2.46. The van der Waals surface area contributed by atoms with Gasteiger partial charge < -0.3 is 9.47 Å². The first kappa shape index (κ1) is 17.7. The molecule has 1 aromatic rings. The number of rotatable bonds is 6. The van der Waals surface area contributed by atoms with Crippen LogP contribution in [0.4, 0.5) is 0 Å². The molecule has 2 fully saturated rings. The molecule has 1 aromatic carbocycles. The highest BCUT2D eigenvalue weighted by Crippen LogP contribution is 2.36. The Bertz CT molecular complexity index is 644. The lowest BCUT2D eigenvalue weighted by atomic mass is 9.83. The lowest BCUT2D eigenvalue weighted by molar-refractivity contribution is -0.181. The first-order valence-electron chi connectivity index (χ1n) is 8.31. The summed E-state index contributed by atoms with van der Waals surface area (Å²) in [7, 11) is -1.44. The number of hydrogen-bond acceptors (Lipinski definition) is 5. The molecule has 0 bridgehead atoms. The van der Waals surface area contributed by atoms with Crippen LogP contribution in [0.25, 0.3) is 0 Å². The number of sulfonamides is 1. The Morgan fingerprint density at radius 1 is 1.33 bits per heavy atom. The van der Waals surface area contributed by atoms with Crippen LogP contribution in [0, 0.1) is 5.92 Å². The van der Waals surface area contributed by atoms with Crippen molar-refractivity contribution in [3.05, 3.63) is 29.8 Å². The molecule has 134 valence electrons. The van der Waals surface area contributed by atoms with Crippen molar-refractivity contribution in [2.75, 3.05) is 39.6 Å². The molecular weight excluding hydrogens is 328 g/mol. The van der Waals surface area contributed by atoms with Crippen molar-refractivity contribution in [3.8, 4) is 5.75 Å². The monoisotopic (exact) mass is 354 g/mol. The summed E-state index contributed by atoms with van der Waals surface area (Å²) >= 11 is 0. The van der Waals surface area contributed by atoms with Crippen molar-refractivity contribution >= 4 is 10.0 Å². The van der Waals surface area contributed by atoms with E-state index in [1.807, 2.05) is 12.1 Å². The molecule has 2 saturated heterocycles. The van der Waals surface area contributed by atoms with Crippen LogP contribution < -0.4 is 9.46 Å². The summed E-state index contributed by atoms with van der Waals surface area (Å²) in [6.45, 7) is 3.94. The molecule has 0 unspecified atom stereocenters. The van der Waals surface area contributed by atoms with E-state index < -0.39 is 10.0 Å². The van der Waals surface area contributed by atoms with E-state index in [2.05, 4.69) is 21.8 Å². The van der Waals surface area contributed by atoms with Gasteiger partial charge in [0.15, 0.2) is 0 Å². The van der Waals surface area contributed by atoms with E-state index in [0.29, 0.717) is 13.2 Å². The van der Waals surface area contributed by atoms with E-state index in [9.17, 15) is 8.42 Å². The Kier molecular flexibility index (Phi) is 5.15. The van der Waals surface area contributed by atoms with Gasteiger partial charge in [-0.25, -0.2) is 13.1 Å². The van der Waals surface area contributed by atoms with Gasteiger partial charge in [-0.15, -0.1) is 0 Å². The molecule has 1 atom stereocenters.